The number of nitrogens with one attached hydrogen (secondary N) is 2. The molecule has 2 amide bonds. The van der Waals surface area contributed by atoms with Gasteiger partial charge in [0.05, 0.1) is 0 Å². The first-order chi connectivity index (χ1) is 14.2. The minimum Gasteiger partial charge on any atom is -0.480 e. The predicted octanol–water partition coefficient (Wildman–Crippen LogP) is 2.48. The molecule has 1 aliphatic carbocycles. The summed E-state index contributed by atoms with van der Waals surface area (Å²) < 4.78 is 6.68. The molecule has 3 atom stereocenters. The van der Waals surface area contributed by atoms with E-state index in [-0.39, 0.29) is 12.3 Å². The summed E-state index contributed by atoms with van der Waals surface area (Å²) in [4.78, 5) is 37.0. The Kier molecular flexibility index (Phi) is 7.63. The van der Waals surface area contributed by atoms with Gasteiger partial charge in [0.15, 0.2) is 0 Å². The van der Waals surface area contributed by atoms with Gasteiger partial charge in [-0.25, -0.2) is 10.3 Å². The molecule has 0 radical (unpaired) electrons. The van der Waals surface area contributed by atoms with Gasteiger partial charge in [0.2, 0.25) is 13.2 Å². The van der Waals surface area contributed by atoms with E-state index in [1.807, 2.05) is 31.5 Å². The first-order valence-corrected chi connectivity index (χ1v) is 10.3. The van der Waals surface area contributed by atoms with Crippen LogP contribution >= 0.6 is 0 Å². The van der Waals surface area contributed by atoms with Crippen LogP contribution in [-0.2, 0) is 33.6 Å². The molecule has 3 unspecified atom stereocenters. The summed E-state index contributed by atoms with van der Waals surface area (Å²) in [5, 5.41) is 16.3. The molecule has 0 saturated carbocycles. The van der Waals surface area contributed by atoms with E-state index in [1.165, 1.54) is 11.1 Å². The lowest BCUT2D eigenvalue weighted by Crippen LogP contribution is -2.48. The van der Waals surface area contributed by atoms with Gasteiger partial charge >= 0.3 is 5.97 Å². The zero-order valence-corrected chi connectivity index (χ0v) is 17.4. The van der Waals surface area contributed by atoms with Crippen molar-refractivity contribution < 1.29 is 26.1 Å². The van der Waals surface area contributed by atoms with Crippen molar-refractivity contribution in [3.63, 3.8) is 0 Å². The zero-order chi connectivity index (χ0) is 22.3. The molecule has 0 aromatic heterocycles. The molecule has 29 heavy (non-hydrogen) atoms. The van der Waals surface area contributed by atoms with Crippen LogP contribution in [0, 0.1) is 17.8 Å². The normalized spacial score (nSPS) is 16.9. The van der Waals surface area contributed by atoms with Gasteiger partial charge in [0.1, 0.15) is 6.04 Å². The van der Waals surface area contributed by atoms with E-state index in [4.69, 9.17) is 1.43 Å². The number of fused-ring (bicyclic) bond motifs is 1. The Morgan fingerprint density at radius 1 is 1.14 bits per heavy atom. The second kappa shape index (κ2) is 10.4. The molecule has 2 rings (SSSR count). The van der Waals surface area contributed by atoms with Crippen molar-refractivity contribution in [2.45, 2.75) is 65.3 Å². The van der Waals surface area contributed by atoms with E-state index < -0.39 is 35.7 Å². The summed E-state index contributed by atoms with van der Waals surface area (Å²) in [6.07, 6.45) is 4.74. The Hall–Kier alpha value is -2.41. The number of aryl methyl sites for hydroxylation is 1. The van der Waals surface area contributed by atoms with Gasteiger partial charge in [-0.3, -0.25) is 14.8 Å². The van der Waals surface area contributed by atoms with Gasteiger partial charge in [-0.15, -0.1) is 0 Å². The third kappa shape index (κ3) is 6.03. The summed E-state index contributed by atoms with van der Waals surface area (Å²) in [7, 11) is 0. The number of hydrogen-bond donors (Lipinski definition) is 4. The number of amides is 2. The van der Waals surface area contributed by atoms with Crippen LogP contribution in [0.3, 0.4) is 0 Å². The molecule has 1 aromatic rings. The molecular formula is C22H32N2O5. The van der Waals surface area contributed by atoms with Gasteiger partial charge < -0.3 is 10.4 Å². The minimum atomic E-state index is -1.10. The highest BCUT2D eigenvalue weighted by Crippen LogP contribution is 2.26. The number of carbonyl (C=O) groups is 3. The van der Waals surface area contributed by atoms with Crippen LogP contribution in [0.1, 0.15) is 56.7 Å². The fourth-order valence-electron chi connectivity index (χ4n) is 4.07. The largest absolute Gasteiger partial charge is 0.480 e. The van der Waals surface area contributed by atoms with Crippen LogP contribution in [0.4, 0.5) is 0 Å². The van der Waals surface area contributed by atoms with Gasteiger partial charge in [0, 0.05) is 18.3 Å². The van der Waals surface area contributed by atoms with Crippen molar-refractivity contribution in [2.75, 3.05) is 0 Å². The molecule has 160 valence electrons. The highest BCUT2D eigenvalue weighted by molar-refractivity contribution is 5.89. The quantitative estimate of drug-likeness (QED) is 0.352. The lowest BCUT2D eigenvalue weighted by molar-refractivity contribution is -0.144. The monoisotopic (exact) mass is 406 g/mol. The van der Waals surface area contributed by atoms with Crippen LogP contribution in [0.25, 0.3) is 0 Å². The molecule has 0 saturated heterocycles. The second-order valence-electron chi connectivity index (χ2n) is 8.36. The highest BCUT2D eigenvalue weighted by atomic mass is 16.5. The Balaban J connectivity index is 2.18. The van der Waals surface area contributed by atoms with E-state index in [0.717, 1.165) is 31.2 Å². The fourth-order valence-corrected chi connectivity index (χ4v) is 4.07. The summed E-state index contributed by atoms with van der Waals surface area (Å²) in [6.45, 7) is 5.43. The first-order valence-electron chi connectivity index (χ1n) is 10.7. The van der Waals surface area contributed by atoms with Gasteiger partial charge in [0.25, 0.3) is 0 Å². The molecule has 0 bridgehead atoms. The van der Waals surface area contributed by atoms with E-state index in [0.29, 0.717) is 6.42 Å². The summed E-state index contributed by atoms with van der Waals surface area (Å²) in [5.74, 6) is -3.55. The van der Waals surface area contributed by atoms with Crippen molar-refractivity contribution in [1.29, 1.82) is 0 Å². The molecule has 0 spiro atoms. The van der Waals surface area contributed by atoms with Gasteiger partial charge in [-0.05, 0) is 54.7 Å². The average Bonchev–Trinajstić information content (AvgIpc) is 2.71. The maximum absolute atomic E-state index is 13.0. The second-order valence-corrected chi connectivity index (χ2v) is 8.36. The highest BCUT2D eigenvalue weighted by Gasteiger charge is 2.33. The average molecular weight is 407 g/mol. The third-order valence-corrected chi connectivity index (χ3v) is 5.71. The Morgan fingerprint density at radius 2 is 1.86 bits per heavy atom. The fraction of sp³-hybridized carbons (Fsp3) is 0.591. The molecular weight excluding hydrogens is 372 g/mol. The number of hydrogen-bond acceptors (Lipinski definition) is 4. The number of carboxylic acid groups (broad SMARTS) is 1. The molecule has 4 N–H and O–H groups in total. The lowest BCUT2D eigenvalue weighted by atomic mass is 9.84. The Morgan fingerprint density at radius 3 is 2.52 bits per heavy atom. The topological polar surface area (TPSA) is 116 Å². The number of carbonyl (C=O) groups excluding carboxylic acids is 2. The standard InChI is InChI=1S/C22H32N2O5/c1-13(2)11-18(14(3)20(25)24-29)21(26)23-19(22(27)28)12-16-9-6-8-15-7-4-5-10-17(15)16/h6,8-9,13-14,18-19,29H,4-5,7,10-12H2,1-3H3,(H,23,26)(H,24,25)(H,27,28)/i/hT. The molecule has 0 fully saturated rings. The number of rotatable bonds is 10. The van der Waals surface area contributed by atoms with Crippen LogP contribution in [0.15, 0.2) is 18.2 Å². The van der Waals surface area contributed by atoms with Crippen molar-refractivity contribution in [2.24, 2.45) is 17.8 Å². The number of carboxylic acids is 1. The third-order valence-electron chi connectivity index (χ3n) is 5.71. The van der Waals surface area contributed by atoms with Crippen LogP contribution in [0.5, 0.6) is 0 Å². The molecule has 7 nitrogen and oxygen atoms in total. The molecule has 0 aliphatic heterocycles. The molecule has 7 heteroatoms. The van der Waals surface area contributed by atoms with Crippen LogP contribution < -0.4 is 10.8 Å². The Bertz CT molecular complexity index is 768. The summed E-state index contributed by atoms with van der Waals surface area (Å²) in [6, 6.07) is 4.87. The maximum atomic E-state index is 13.0. The Labute approximate surface area is 173 Å². The van der Waals surface area contributed by atoms with Crippen molar-refractivity contribution in [1.82, 2.24) is 10.8 Å². The lowest BCUT2D eigenvalue weighted by Gasteiger charge is -2.26. The smallest absolute Gasteiger partial charge is 0.326 e. The summed E-state index contributed by atoms with van der Waals surface area (Å²) >= 11 is 0. The maximum Gasteiger partial charge on any atom is 0.326 e. The summed E-state index contributed by atoms with van der Waals surface area (Å²) in [5.41, 5.74) is 5.34. The number of aliphatic carboxylic acids is 1. The van der Waals surface area contributed by atoms with Gasteiger partial charge in [-0.1, -0.05) is 39.0 Å². The molecule has 1 aromatic carbocycles. The van der Waals surface area contributed by atoms with Crippen LogP contribution in [-0.4, -0.2) is 34.1 Å². The van der Waals surface area contributed by atoms with Crippen molar-refractivity contribution in [3.8, 4) is 0 Å². The van der Waals surface area contributed by atoms with E-state index in [9.17, 15) is 19.5 Å². The molecule has 1 aliphatic rings. The van der Waals surface area contributed by atoms with E-state index >= 15 is 0 Å². The number of hydroxylamine groups is 1. The predicted molar refractivity (Wildman–Crippen MR) is 108 cm³/mol. The molecule has 0 heterocycles. The van der Waals surface area contributed by atoms with Crippen molar-refractivity contribution in [3.05, 3.63) is 34.9 Å². The van der Waals surface area contributed by atoms with Crippen molar-refractivity contribution >= 4 is 17.8 Å². The van der Waals surface area contributed by atoms with E-state index in [2.05, 4.69) is 16.6 Å². The van der Waals surface area contributed by atoms with E-state index in [1.54, 1.807) is 6.92 Å². The first kappa shape index (κ1) is 21.3. The van der Waals surface area contributed by atoms with Crippen LogP contribution in [0.2, 0.25) is 1.43 Å². The SMILES string of the molecule is [3H]ONC(=O)C(C)C(CC(C)C)C(=O)NC(Cc1cccc2c1CCCC2)C(=O)O. The van der Waals surface area contributed by atoms with Gasteiger partial charge in [-0.2, -0.15) is 0 Å². The minimum absolute atomic E-state index is 0.123. The number of benzene rings is 1. The zero-order valence-electron chi connectivity index (χ0n) is 18.4.